The highest BCUT2D eigenvalue weighted by Crippen LogP contribution is 2.27. The van der Waals surface area contributed by atoms with E-state index in [9.17, 15) is 0 Å². The van der Waals surface area contributed by atoms with E-state index in [1.54, 1.807) is 7.11 Å². The number of aromatic nitrogens is 2. The monoisotopic (exact) mass is 327 g/mol. The maximum atomic E-state index is 5.96. The minimum Gasteiger partial charge on any atom is -0.497 e. The van der Waals surface area contributed by atoms with Crippen LogP contribution in [0.4, 0.5) is 0 Å². The molecule has 1 atom stereocenters. The molecular formula is C18H18ClN3O. The number of methoxy groups -OCH3 is 1. The van der Waals surface area contributed by atoms with Gasteiger partial charge in [-0.1, -0.05) is 23.7 Å². The molecule has 0 bridgehead atoms. The van der Waals surface area contributed by atoms with Crippen LogP contribution in [0.3, 0.4) is 0 Å². The first kappa shape index (κ1) is 15.6. The summed E-state index contributed by atoms with van der Waals surface area (Å²) in [5, 5.41) is 8.22. The van der Waals surface area contributed by atoms with Gasteiger partial charge in [-0.25, -0.2) is 0 Å². The topological polar surface area (TPSA) is 63.9 Å². The van der Waals surface area contributed by atoms with E-state index >= 15 is 0 Å². The number of H-pyrrole nitrogens is 1. The lowest BCUT2D eigenvalue weighted by atomic mass is 9.95. The number of nitrogens with zero attached hydrogens (tertiary/aromatic N) is 1. The van der Waals surface area contributed by atoms with Crippen molar-refractivity contribution in [2.75, 3.05) is 13.7 Å². The second-order valence-electron chi connectivity index (χ2n) is 5.28. The molecule has 0 spiro atoms. The molecule has 0 amide bonds. The molecule has 0 aliphatic rings. The van der Waals surface area contributed by atoms with Crippen LogP contribution in [0.15, 0.2) is 54.6 Å². The average molecular weight is 328 g/mol. The van der Waals surface area contributed by atoms with E-state index in [2.05, 4.69) is 10.2 Å². The summed E-state index contributed by atoms with van der Waals surface area (Å²) in [5.41, 5.74) is 9.98. The van der Waals surface area contributed by atoms with Gasteiger partial charge in [0.15, 0.2) is 0 Å². The molecule has 0 saturated heterocycles. The molecule has 0 aliphatic heterocycles. The summed E-state index contributed by atoms with van der Waals surface area (Å²) in [4.78, 5) is 0. The summed E-state index contributed by atoms with van der Waals surface area (Å²) in [5.74, 6) is 0.886. The Morgan fingerprint density at radius 2 is 1.83 bits per heavy atom. The van der Waals surface area contributed by atoms with E-state index in [1.165, 1.54) is 0 Å². The Hall–Kier alpha value is -2.30. The van der Waals surface area contributed by atoms with Gasteiger partial charge in [-0.3, -0.25) is 5.10 Å². The molecule has 1 heterocycles. The Labute approximate surface area is 140 Å². The van der Waals surface area contributed by atoms with Gasteiger partial charge in [0.25, 0.3) is 0 Å². The fourth-order valence-corrected chi connectivity index (χ4v) is 2.69. The van der Waals surface area contributed by atoms with E-state index in [1.807, 2.05) is 54.6 Å². The van der Waals surface area contributed by atoms with Crippen molar-refractivity contribution in [1.82, 2.24) is 10.2 Å². The van der Waals surface area contributed by atoms with Gasteiger partial charge in [-0.2, -0.15) is 5.10 Å². The molecule has 2 aromatic carbocycles. The average Bonchev–Trinajstić information content (AvgIpc) is 3.07. The number of aromatic amines is 1. The lowest BCUT2D eigenvalue weighted by Gasteiger charge is -2.13. The number of rotatable bonds is 5. The second-order valence-corrected chi connectivity index (χ2v) is 5.71. The van der Waals surface area contributed by atoms with Gasteiger partial charge in [0, 0.05) is 28.7 Å². The zero-order chi connectivity index (χ0) is 16.2. The van der Waals surface area contributed by atoms with Crippen LogP contribution in [0.1, 0.15) is 17.2 Å². The Morgan fingerprint density at radius 3 is 2.43 bits per heavy atom. The number of ether oxygens (including phenoxy) is 1. The number of hydrogen-bond acceptors (Lipinski definition) is 3. The third-order valence-electron chi connectivity index (χ3n) is 3.87. The van der Waals surface area contributed by atoms with Crippen molar-refractivity contribution in [3.63, 3.8) is 0 Å². The summed E-state index contributed by atoms with van der Waals surface area (Å²) >= 11 is 5.95. The summed E-state index contributed by atoms with van der Waals surface area (Å²) < 4.78 is 5.18. The van der Waals surface area contributed by atoms with Crippen molar-refractivity contribution in [1.29, 1.82) is 0 Å². The smallest absolute Gasteiger partial charge is 0.118 e. The van der Waals surface area contributed by atoms with Crippen LogP contribution >= 0.6 is 11.6 Å². The quantitative estimate of drug-likeness (QED) is 0.748. The molecular weight excluding hydrogens is 310 g/mol. The largest absolute Gasteiger partial charge is 0.497 e. The van der Waals surface area contributed by atoms with Crippen LogP contribution in [0.2, 0.25) is 5.02 Å². The van der Waals surface area contributed by atoms with E-state index in [-0.39, 0.29) is 5.92 Å². The number of benzene rings is 2. The number of hydrogen-bond donors (Lipinski definition) is 2. The minimum absolute atomic E-state index is 0.0618. The van der Waals surface area contributed by atoms with Gasteiger partial charge >= 0.3 is 0 Å². The Balaban J connectivity index is 1.88. The van der Waals surface area contributed by atoms with Crippen molar-refractivity contribution in [2.45, 2.75) is 5.92 Å². The SMILES string of the molecule is COc1ccc(-c2cc(C(CN)c3ccc(Cl)cc3)[nH]n2)cc1. The van der Waals surface area contributed by atoms with Crippen LogP contribution in [0, 0.1) is 0 Å². The van der Waals surface area contributed by atoms with Crippen molar-refractivity contribution in [2.24, 2.45) is 5.73 Å². The third-order valence-corrected chi connectivity index (χ3v) is 4.12. The predicted octanol–water partition coefficient (Wildman–Crippen LogP) is 3.83. The Bertz CT molecular complexity index is 766. The Morgan fingerprint density at radius 1 is 1.13 bits per heavy atom. The summed E-state index contributed by atoms with van der Waals surface area (Å²) in [6, 6.07) is 17.6. The Kier molecular flexibility index (Phi) is 4.65. The maximum absolute atomic E-state index is 5.96. The van der Waals surface area contributed by atoms with E-state index in [4.69, 9.17) is 22.1 Å². The van der Waals surface area contributed by atoms with Crippen molar-refractivity contribution in [3.8, 4) is 17.0 Å². The summed E-state index contributed by atoms with van der Waals surface area (Å²) in [7, 11) is 1.65. The first-order valence-corrected chi connectivity index (χ1v) is 7.74. The van der Waals surface area contributed by atoms with Crippen LogP contribution in [0.5, 0.6) is 5.75 Å². The lowest BCUT2D eigenvalue weighted by molar-refractivity contribution is 0.415. The molecule has 0 saturated carbocycles. The van der Waals surface area contributed by atoms with Crippen molar-refractivity contribution < 1.29 is 4.74 Å². The number of halogens is 1. The van der Waals surface area contributed by atoms with Crippen LogP contribution in [-0.2, 0) is 0 Å². The highest BCUT2D eigenvalue weighted by atomic mass is 35.5. The fraction of sp³-hybridized carbons (Fsp3) is 0.167. The van der Waals surface area contributed by atoms with E-state index in [0.717, 1.165) is 28.3 Å². The first-order chi connectivity index (χ1) is 11.2. The zero-order valence-electron chi connectivity index (χ0n) is 12.8. The summed E-state index contributed by atoms with van der Waals surface area (Å²) in [6.07, 6.45) is 0. The lowest BCUT2D eigenvalue weighted by Crippen LogP contribution is -2.14. The molecule has 118 valence electrons. The standard InChI is InChI=1S/C18H18ClN3O/c1-23-15-8-4-13(5-9-15)17-10-18(22-21-17)16(11-20)12-2-6-14(19)7-3-12/h2-10,16H,11,20H2,1H3,(H,21,22). The van der Waals surface area contributed by atoms with Crippen LogP contribution < -0.4 is 10.5 Å². The molecule has 3 aromatic rings. The molecule has 5 heteroatoms. The van der Waals surface area contributed by atoms with Gasteiger partial charge in [-0.05, 0) is 48.0 Å². The molecule has 0 aliphatic carbocycles. The number of nitrogens with two attached hydrogens (primary N) is 1. The zero-order valence-corrected chi connectivity index (χ0v) is 13.5. The molecule has 1 aromatic heterocycles. The van der Waals surface area contributed by atoms with E-state index in [0.29, 0.717) is 11.6 Å². The van der Waals surface area contributed by atoms with Crippen molar-refractivity contribution >= 4 is 11.6 Å². The van der Waals surface area contributed by atoms with E-state index < -0.39 is 0 Å². The van der Waals surface area contributed by atoms with Gasteiger partial charge in [0.2, 0.25) is 0 Å². The minimum atomic E-state index is 0.0618. The number of nitrogens with one attached hydrogen (secondary N) is 1. The van der Waals surface area contributed by atoms with Gasteiger partial charge in [-0.15, -0.1) is 0 Å². The van der Waals surface area contributed by atoms with Crippen LogP contribution in [0.25, 0.3) is 11.3 Å². The maximum Gasteiger partial charge on any atom is 0.118 e. The molecule has 0 fully saturated rings. The normalized spacial score (nSPS) is 12.1. The van der Waals surface area contributed by atoms with Gasteiger partial charge in [0.1, 0.15) is 5.75 Å². The van der Waals surface area contributed by atoms with Crippen molar-refractivity contribution in [3.05, 3.63) is 70.9 Å². The first-order valence-electron chi connectivity index (χ1n) is 7.36. The fourth-order valence-electron chi connectivity index (χ4n) is 2.56. The highest BCUT2D eigenvalue weighted by Gasteiger charge is 2.16. The molecule has 4 nitrogen and oxygen atoms in total. The third kappa shape index (κ3) is 3.38. The summed E-state index contributed by atoms with van der Waals surface area (Å²) in [6.45, 7) is 0.492. The molecule has 1 unspecified atom stereocenters. The molecule has 23 heavy (non-hydrogen) atoms. The highest BCUT2D eigenvalue weighted by molar-refractivity contribution is 6.30. The molecule has 3 rings (SSSR count). The molecule has 3 N–H and O–H groups in total. The molecule has 0 radical (unpaired) electrons. The second kappa shape index (κ2) is 6.86. The van der Waals surface area contributed by atoms with Gasteiger partial charge in [0.05, 0.1) is 12.8 Å². The predicted molar refractivity (Wildman–Crippen MR) is 92.9 cm³/mol. The van der Waals surface area contributed by atoms with Crippen LogP contribution in [-0.4, -0.2) is 23.9 Å². The van der Waals surface area contributed by atoms with Gasteiger partial charge < -0.3 is 10.5 Å².